The Hall–Kier alpha value is -2.75. The smallest absolute Gasteiger partial charge is 0.254 e. The molecule has 1 aliphatic rings. The Labute approximate surface area is 169 Å². The van der Waals surface area contributed by atoms with E-state index >= 15 is 0 Å². The predicted molar refractivity (Wildman–Crippen MR) is 105 cm³/mol. The lowest BCUT2D eigenvalue weighted by Crippen LogP contribution is -2.40. The molecule has 152 valence electrons. The summed E-state index contributed by atoms with van der Waals surface area (Å²) >= 11 is 0. The first-order valence-electron chi connectivity index (χ1n) is 9.22. The van der Waals surface area contributed by atoms with E-state index < -0.39 is 10.0 Å². The van der Waals surface area contributed by atoms with Crippen LogP contribution in [0.15, 0.2) is 57.8 Å². The van der Waals surface area contributed by atoms with E-state index in [4.69, 9.17) is 13.9 Å². The lowest BCUT2D eigenvalue weighted by molar-refractivity contribution is 0.0730. The van der Waals surface area contributed by atoms with E-state index in [1.54, 1.807) is 12.1 Å². The van der Waals surface area contributed by atoms with Crippen molar-refractivity contribution in [3.8, 4) is 17.2 Å². The van der Waals surface area contributed by atoms with Gasteiger partial charge in [0.1, 0.15) is 5.75 Å². The van der Waals surface area contributed by atoms with Crippen LogP contribution in [0.4, 0.5) is 0 Å². The molecule has 0 amide bonds. The van der Waals surface area contributed by atoms with Crippen LogP contribution in [0.25, 0.3) is 11.5 Å². The fourth-order valence-corrected chi connectivity index (χ4v) is 4.32. The molecular weight excluding hydrogens is 394 g/mol. The lowest BCUT2D eigenvalue weighted by atomic mass is 10.1. The van der Waals surface area contributed by atoms with Crippen LogP contribution < -0.4 is 4.74 Å². The minimum absolute atomic E-state index is 0.0917. The van der Waals surface area contributed by atoms with Gasteiger partial charge in [-0.2, -0.15) is 4.31 Å². The summed E-state index contributed by atoms with van der Waals surface area (Å²) in [7, 11) is -3.52. The molecular formula is C20H21N3O5S. The van der Waals surface area contributed by atoms with E-state index in [0.717, 1.165) is 11.1 Å². The number of hydrogen-bond donors (Lipinski definition) is 0. The number of morpholine rings is 1. The van der Waals surface area contributed by atoms with E-state index in [1.807, 2.05) is 31.2 Å². The fraction of sp³-hybridized carbons (Fsp3) is 0.300. The molecule has 0 atom stereocenters. The van der Waals surface area contributed by atoms with E-state index in [9.17, 15) is 8.42 Å². The van der Waals surface area contributed by atoms with Gasteiger partial charge in [-0.05, 0) is 43.3 Å². The maximum absolute atomic E-state index is 12.6. The summed E-state index contributed by atoms with van der Waals surface area (Å²) in [5.74, 6) is 1.28. The van der Waals surface area contributed by atoms with Crippen LogP contribution in [-0.4, -0.2) is 49.2 Å². The van der Waals surface area contributed by atoms with Crippen LogP contribution in [0.1, 0.15) is 11.5 Å². The largest absolute Gasteiger partial charge is 0.484 e. The Kier molecular flexibility index (Phi) is 5.61. The molecule has 8 nitrogen and oxygen atoms in total. The molecule has 0 N–H and O–H groups in total. The van der Waals surface area contributed by atoms with Gasteiger partial charge in [0.15, 0.2) is 6.61 Å². The Morgan fingerprint density at radius 2 is 1.69 bits per heavy atom. The maximum Gasteiger partial charge on any atom is 0.254 e. The van der Waals surface area contributed by atoms with E-state index in [1.165, 1.54) is 16.4 Å². The highest BCUT2D eigenvalue weighted by atomic mass is 32.2. The second kappa shape index (κ2) is 8.32. The molecule has 0 radical (unpaired) electrons. The average Bonchev–Trinajstić information content (AvgIpc) is 3.23. The van der Waals surface area contributed by atoms with Crippen LogP contribution in [0.5, 0.6) is 5.75 Å². The highest BCUT2D eigenvalue weighted by Gasteiger charge is 2.26. The fourth-order valence-electron chi connectivity index (χ4n) is 2.91. The number of ether oxygens (including phenoxy) is 2. The number of aromatic nitrogens is 2. The Morgan fingerprint density at radius 1 is 1.00 bits per heavy atom. The van der Waals surface area contributed by atoms with Gasteiger partial charge in [-0.15, -0.1) is 10.2 Å². The van der Waals surface area contributed by atoms with Crippen LogP contribution in [0, 0.1) is 6.92 Å². The Balaban J connectivity index is 1.39. The van der Waals surface area contributed by atoms with Crippen LogP contribution in [0.3, 0.4) is 0 Å². The molecule has 2 aromatic carbocycles. The molecule has 3 aromatic rings. The van der Waals surface area contributed by atoms with Gasteiger partial charge in [0.2, 0.25) is 15.9 Å². The quantitative estimate of drug-likeness (QED) is 0.611. The predicted octanol–water partition coefficient (Wildman–Crippen LogP) is 2.64. The zero-order valence-electron chi connectivity index (χ0n) is 15.9. The Bertz CT molecular complexity index is 1060. The van der Waals surface area contributed by atoms with Crippen molar-refractivity contribution in [1.29, 1.82) is 0 Å². The average molecular weight is 415 g/mol. The second-order valence-electron chi connectivity index (χ2n) is 6.64. The van der Waals surface area contributed by atoms with Crippen molar-refractivity contribution in [1.82, 2.24) is 14.5 Å². The van der Waals surface area contributed by atoms with Gasteiger partial charge >= 0.3 is 0 Å². The first-order chi connectivity index (χ1) is 14.0. The molecule has 0 aliphatic carbocycles. The molecule has 1 saturated heterocycles. The first kappa shape index (κ1) is 19.6. The number of nitrogens with zero attached hydrogens (tertiary/aromatic N) is 3. The van der Waals surface area contributed by atoms with Crippen molar-refractivity contribution < 1.29 is 22.3 Å². The summed E-state index contributed by atoms with van der Waals surface area (Å²) in [6.07, 6.45) is 0. The number of rotatable bonds is 6. The highest BCUT2D eigenvalue weighted by Crippen LogP contribution is 2.22. The maximum atomic E-state index is 12.6. The van der Waals surface area contributed by atoms with Crippen molar-refractivity contribution in [2.45, 2.75) is 18.4 Å². The van der Waals surface area contributed by atoms with Crippen molar-refractivity contribution >= 4 is 10.0 Å². The molecule has 4 rings (SSSR count). The zero-order chi connectivity index (χ0) is 20.3. The van der Waals surface area contributed by atoms with E-state index in [-0.39, 0.29) is 11.5 Å². The first-order valence-corrected chi connectivity index (χ1v) is 10.7. The van der Waals surface area contributed by atoms with E-state index in [2.05, 4.69) is 10.2 Å². The number of hydrogen-bond acceptors (Lipinski definition) is 7. The van der Waals surface area contributed by atoms with Gasteiger partial charge in [0, 0.05) is 18.7 Å². The summed E-state index contributed by atoms with van der Waals surface area (Å²) in [4.78, 5) is 0.228. The second-order valence-corrected chi connectivity index (χ2v) is 8.58. The van der Waals surface area contributed by atoms with Crippen molar-refractivity contribution in [3.05, 3.63) is 60.0 Å². The monoisotopic (exact) mass is 415 g/mol. The number of benzene rings is 2. The van der Waals surface area contributed by atoms with Gasteiger partial charge in [-0.25, -0.2) is 8.42 Å². The van der Waals surface area contributed by atoms with Crippen LogP contribution >= 0.6 is 0 Å². The molecule has 2 heterocycles. The summed E-state index contributed by atoms with van der Waals surface area (Å²) in [6, 6.07) is 14.1. The zero-order valence-corrected chi connectivity index (χ0v) is 16.8. The van der Waals surface area contributed by atoms with Gasteiger partial charge < -0.3 is 13.9 Å². The third-order valence-electron chi connectivity index (χ3n) is 4.56. The molecule has 1 aliphatic heterocycles. The molecule has 9 heteroatoms. The molecule has 29 heavy (non-hydrogen) atoms. The molecule has 1 fully saturated rings. The van der Waals surface area contributed by atoms with Crippen molar-refractivity contribution in [2.24, 2.45) is 0 Å². The molecule has 0 bridgehead atoms. The number of sulfonamides is 1. The Morgan fingerprint density at radius 3 is 2.38 bits per heavy atom. The lowest BCUT2D eigenvalue weighted by Gasteiger charge is -2.26. The van der Waals surface area contributed by atoms with Crippen molar-refractivity contribution in [3.63, 3.8) is 0 Å². The molecule has 0 spiro atoms. The van der Waals surface area contributed by atoms with Gasteiger partial charge in [0.05, 0.1) is 18.1 Å². The number of aryl methyl sites for hydroxylation is 1. The molecule has 0 saturated carbocycles. The standard InChI is InChI=1S/C20H21N3O5S/c1-15-2-4-16(5-3-15)20-22-21-19(28-20)14-27-17-6-8-18(9-7-17)29(24,25)23-10-12-26-13-11-23/h2-9H,10-14H2,1H3. The van der Waals surface area contributed by atoms with Crippen molar-refractivity contribution in [2.75, 3.05) is 26.3 Å². The normalized spacial score (nSPS) is 15.3. The van der Waals surface area contributed by atoms with Gasteiger partial charge in [-0.3, -0.25) is 0 Å². The summed E-state index contributed by atoms with van der Waals surface area (Å²) < 4.78 is 43.2. The van der Waals surface area contributed by atoms with Crippen LogP contribution in [0.2, 0.25) is 0 Å². The SMILES string of the molecule is Cc1ccc(-c2nnc(COc3ccc(S(=O)(=O)N4CCOCC4)cc3)o2)cc1. The molecule has 0 unspecified atom stereocenters. The van der Waals surface area contributed by atoms with E-state index in [0.29, 0.717) is 43.8 Å². The summed E-state index contributed by atoms with van der Waals surface area (Å²) in [5, 5.41) is 8.03. The van der Waals surface area contributed by atoms with Crippen LogP contribution in [-0.2, 0) is 21.4 Å². The highest BCUT2D eigenvalue weighted by molar-refractivity contribution is 7.89. The van der Waals surface area contributed by atoms with Gasteiger partial charge in [-0.1, -0.05) is 17.7 Å². The van der Waals surface area contributed by atoms with Gasteiger partial charge in [0.25, 0.3) is 5.89 Å². The topological polar surface area (TPSA) is 94.8 Å². The summed E-state index contributed by atoms with van der Waals surface area (Å²) in [6.45, 7) is 3.65. The third kappa shape index (κ3) is 4.47. The third-order valence-corrected chi connectivity index (χ3v) is 6.47. The molecule has 1 aromatic heterocycles. The minimum atomic E-state index is -3.52. The minimum Gasteiger partial charge on any atom is -0.484 e. The summed E-state index contributed by atoms with van der Waals surface area (Å²) in [5.41, 5.74) is 1.99.